The molecule has 8 atom stereocenters. The molecule has 0 spiro atoms. The number of hydrogen-bond donors (Lipinski definition) is 0. The van der Waals surface area contributed by atoms with E-state index in [4.69, 9.17) is 56.2 Å². The first-order valence-electron chi connectivity index (χ1n) is 50.0. The minimum absolute atomic E-state index is 0.000677. The largest absolute Gasteiger partial charge is 0.542 e. The summed E-state index contributed by atoms with van der Waals surface area (Å²) in [4.78, 5) is 123. The number of unbranched alkanes of at least 4 members (excludes halogenated alkanes) is 18. The number of hydrogen-bond acceptors (Lipinski definition) is 20. The molecule has 0 N–H and O–H groups in total. The van der Waals surface area contributed by atoms with Gasteiger partial charge in [-0.2, -0.15) is 0 Å². The molecule has 6 aromatic rings. The summed E-state index contributed by atoms with van der Waals surface area (Å²) in [5.41, 5.74) is -15.9. The molecular weight excluding hydrogens is 1670 g/mol. The van der Waals surface area contributed by atoms with Gasteiger partial charge >= 0.3 is 47.8 Å². The van der Waals surface area contributed by atoms with Gasteiger partial charge in [-0.15, -0.1) is 0 Å². The number of rotatable bonds is 42. The molecule has 712 valence electrons. The predicted molar refractivity (Wildman–Crippen MR) is 514 cm³/mol. The number of ether oxygens (including phenoxy) is 10. The standard InChI is InChI=1S/C108H152O20Si2/c1-27-29-31-33-35-37-39-41-43-45-59-117-81-63-73-79(127-129(65(3)4,66(5)6)67(7)8)61-71-75(119-93(113)105-55-51-101(23,89(109)123-105)97(105,15)16)47-49-77(121-95(115)107-57-53-103(25,91(111)125-107)99(107,19)20)83(71)85(73)88-86-74(64-82(87(81)88)118-60-46-44-42-40-38-36-34-32-30-28-2)80(128-130(68(9)10,69(11)12)70(13)14)62-72-76(120-94(114)106-56-52-102(24,90(110)124-106)98(106,17)18)48-50-78(84(72)86)122-96(116)108-58-54-104(26,92(112)126-108)100(108,21)22/h47-50,61-70H,27-46,51-60H2,1-26H3/t101-,102-,103-,104-,105+,106+,107+,108+/m0/s1. The van der Waals surface area contributed by atoms with Gasteiger partial charge in [0.15, 0.2) is 0 Å². The third-order valence-electron chi connectivity index (χ3n) is 36.2. The summed E-state index contributed by atoms with van der Waals surface area (Å²) in [6.45, 7) is 53.9. The van der Waals surface area contributed by atoms with Gasteiger partial charge in [-0.1, -0.05) is 268 Å². The molecule has 4 saturated heterocycles. The van der Waals surface area contributed by atoms with Crippen LogP contribution in [0.25, 0.3) is 53.9 Å². The van der Waals surface area contributed by atoms with Gasteiger partial charge in [0.1, 0.15) is 46.0 Å². The summed E-state index contributed by atoms with van der Waals surface area (Å²) in [6.07, 6.45) is 23.5. The van der Waals surface area contributed by atoms with Crippen LogP contribution in [0.3, 0.4) is 0 Å². The summed E-state index contributed by atoms with van der Waals surface area (Å²) in [7, 11) is -6.47. The Morgan fingerprint density at radius 2 is 0.508 bits per heavy atom. The number of fused-ring (bicyclic) bond motifs is 17. The quantitative estimate of drug-likeness (QED) is 0.00863. The Bertz CT molecular complexity index is 5090. The van der Waals surface area contributed by atoms with Crippen molar-refractivity contribution in [2.24, 2.45) is 43.3 Å². The lowest BCUT2D eigenvalue weighted by Crippen LogP contribution is -2.50. The highest BCUT2D eigenvalue weighted by Crippen LogP contribution is 2.71. The normalized spacial score (nSPS) is 26.6. The molecule has 0 unspecified atom stereocenters. The Hall–Kier alpha value is -7.99. The van der Waals surface area contributed by atoms with Crippen LogP contribution in [0.15, 0.2) is 48.5 Å². The Morgan fingerprint density at radius 3 is 0.738 bits per heavy atom. The van der Waals surface area contributed by atoms with E-state index in [9.17, 15) is 19.2 Å². The Morgan fingerprint density at radius 1 is 0.285 bits per heavy atom. The molecule has 4 aliphatic heterocycles. The van der Waals surface area contributed by atoms with Crippen LogP contribution in [-0.2, 0) is 57.3 Å². The fraction of sp³-hybridized carbons (Fsp3) is 0.685. The van der Waals surface area contributed by atoms with Crippen molar-refractivity contribution in [3.63, 3.8) is 0 Å². The van der Waals surface area contributed by atoms with E-state index < -0.39 is 130 Å². The second-order valence-electron chi connectivity index (χ2n) is 45.2. The van der Waals surface area contributed by atoms with E-state index >= 15 is 19.2 Å². The lowest BCUT2D eigenvalue weighted by Gasteiger charge is -2.43. The van der Waals surface area contributed by atoms with E-state index in [-0.39, 0.29) is 117 Å². The summed E-state index contributed by atoms with van der Waals surface area (Å²) in [6, 6.07) is 14.2. The molecule has 4 saturated carbocycles. The van der Waals surface area contributed by atoms with Crippen molar-refractivity contribution in [2.75, 3.05) is 13.2 Å². The number of benzene rings is 6. The van der Waals surface area contributed by atoms with E-state index in [1.165, 1.54) is 64.2 Å². The fourth-order valence-corrected chi connectivity index (χ4v) is 36.3. The van der Waals surface area contributed by atoms with Gasteiger partial charge in [-0.3, -0.25) is 19.2 Å². The molecule has 8 bridgehead atoms. The van der Waals surface area contributed by atoms with Crippen molar-refractivity contribution in [1.29, 1.82) is 0 Å². The van der Waals surface area contributed by atoms with Gasteiger partial charge in [-0.25, -0.2) is 19.2 Å². The average molecular weight is 1830 g/mol. The summed E-state index contributed by atoms with van der Waals surface area (Å²) >= 11 is 0. The van der Waals surface area contributed by atoms with Gasteiger partial charge < -0.3 is 56.2 Å². The number of carbonyl (C=O) groups excluding carboxylic acids is 8. The second-order valence-corrected chi connectivity index (χ2v) is 56.0. The molecule has 8 aliphatic rings. The lowest BCUT2D eigenvalue weighted by atomic mass is 9.66. The Balaban J connectivity index is 1.18. The molecule has 0 radical (unpaired) electrons. The first-order valence-corrected chi connectivity index (χ1v) is 54.3. The smallest absolute Gasteiger partial charge is 0.356 e. The highest BCUT2D eigenvalue weighted by Gasteiger charge is 2.80. The SMILES string of the molecule is CCCCCCCCCCCCOc1cc2c(O[Si](C(C)C)(C(C)C)C(C)C)cc3c(OC(=O)[C@@]45CC[C@@](C)(C(=O)O4)C5(C)C)ccc(OC(=O)[C@@]45CC[C@@](C)(C(=O)O4)C5(C)C)c3c2c2c1c(OCCCCCCCCCCCC)cc1c(O[Si](C(C)C)(C(C)C)C(C)C)cc3c(OC(=O)[C@@]45CC[C@@](C)(C(=O)O4)C5(C)C)ccc(OC(=O)[C@@]45CC[C@@](C)(C(=O)O4)C5(C)C)c3c12. The van der Waals surface area contributed by atoms with E-state index in [2.05, 4.69) is 96.9 Å². The van der Waals surface area contributed by atoms with Gasteiger partial charge in [0.2, 0.25) is 22.4 Å². The van der Waals surface area contributed by atoms with Crippen LogP contribution < -0.4 is 37.3 Å². The van der Waals surface area contributed by atoms with Crippen LogP contribution in [-0.4, -0.2) is 100 Å². The molecule has 6 aromatic carbocycles. The first kappa shape index (κ1) is 98.0. The lowest BCUT2D eigenvalue weighted by molar-refractivity contribution is -0.176. The maximum Gasteiger partial charge on any atom is 0.356 e. The molecule has 8 fully saturated rings. The third kappa shape index (κ3) is 14.5. The maximum absolute atomic E-state index is 16.6. The van der Waals surface area contributed by atoms with E-state index in [0.717, 1.165) is 51.4 Å². The van der Waals surface area contributed by atoms with Crippen molar-refractivity contribution in [2.45, 2.75) is 415 Å². The minimum Gasteiger partial charge on any atom is -0.542 e. The fourth-order valence-electron chi connectivity index (χ4n) is 25.8. The number of esters is 8. The Kier molecular flexibility index (Phi) is 26.7. The topological polar surface area (TPSA) is 247 Å². The van der Waals surface area contributed by atoms with Crippen molar-refractivity contribution in [3.8, 4) is 46.0 Å². The molecule has 4 aliphatic carbocycles. The zero-order valence-corrected chi connectivity index (χ0v) is 85.5. The summed E-state index contributed by atoms with van der Waals surface area (Å²) < 4.78 is 86.5. The maximum atomic E-state index is 16.6. The van der Waals surface area contributed by atoms with Crippen LogP contribution in [0, 0.1) is 43.3 Å². The van der Waals surface area contributed by atoms with Crippen molar-refractivity contribution >= 4 is 118 Å². The molecule has 22 heteroatoms. The zero-order valence-electron chi connectivity index (χ0n) is 83.5. The van der Waals surface area contributed by atoms with Gasteiger partial charge in [0.25, 0.3) is 16.6 Å². The highest BCUT2D eigenvalue weighted by molar-refractivity contribution is 6.79. The first-order chi connectivity index (χ1) is 61.1. The summed E-state index contributed by atoms with van der Waals surface area (Å²) in [5.74, 6) is -3.87. The third-order valence-corrected chi connectivity index (χ3v) is 48.2. The minimum atomic E-state index is -3.23. The van der Waals surface area contributed by atoms with Gasteiger partial charge in [0, 0.05) is 70.1 Å². The molecule has 20 nitrogen and oxygen atoms in total. The van der Waals surface area contributed by atoms with Gasteiger partial charge in [0.05, 0.1) is 40.3 Å². The number of carbonyl (C=O) groups is 8. The molecule has 0 aromatic heterocycles. The van der Waals surface area contributed by atoms with Crippen molar-refractivity contribution in [1.82, 2.24) is 0 Å². The highest BCUT2D eigenvalue weighted by atomic mass is 28.4. The second kappa shape index (κ2) is 35.4. The summed E-state index contributed by atoms with van der Waals surface area (Å²) in [5, 5.41) is 3.36. The molecule has 0 amide bonds. The van der Waals surface area contributed by atoms with Crippen LogP contribution in [0.4, 0.5) is 0 Å². The molecular formula is C108H152O20Si2. The molecule has 14 rings (SSSR count). The van der Waals surface area contributed by atoms with E-state index in [1.807, 2.05) is 107 Å². The van der Waals surface area contributed by atoms with Gasteiger partial charge in [-0.05, 0) is 174 Å². The van der Waals surface area contributed by atoms with Crippen LogP contribution in [0.1, 0.15) is 360 Å². The monoisotopic (exact) mass is 1830 g/mol. The predicted octanol–water partition coefficient (Wildman–Crippen LogP) is 27.3. The average Bonchev–Trinajstić information content (AvgIpc) is 1.62. The van der Waals surface area contributed by atoms with Crippen LogP contribution in [0.2, 0.25) is 33.2 Å². The van der Waals surface area contributed by atoms with Crippen molar-refractivity contribution in [3.05, 3.63) is 48.5 Å². The molecule has 130 heavy (non-hydrogen) atoms. The van der Waals surface area contributed by atoms with E-state index in [1.54, 1.807) is 24.3 Å². The zero-order chi connectivity index (χ0) is 94.8. The Labute approximate surface area is 774 Å². The van der Waals surface area contributed by atoms with Crippen LogP contribution >= 0.6 is 0 Å². The van der Waals surface area contributed by atoms with Crippen LogP contribution in [0.5, 0.6) is 46.0 Å². The van der Waals surface area contributed by atoms with E-state index in [0.29, 0.717) is 93.8 Å². The molecule has 4 heterocycles. The van der Waals surface area contributed by atoms with Crippen molar-refractivity contribution < 1.29 is 94.6 Å².